The zero-order chi connectivity index (χ0) is 21.0. The second-order valence-corrected chi connectivity index (χ2v) is 5.64. The fraction of sp³-hybridized carbons (Fsp3) is 0.643. The molecular weight excluding hydrogens is 362 g/mol. The number of aliphatic hydroxyl groups excluding tert-OH is 1. The Hall–Kier alpha value is -2.93. The van der Waals surface area contributed by atoms with Crippen molar-refractivity contribution in [3.63, 3.8) is 0 Å². The summed E-state index contributed by atoms with van der Waals surface area (Å²) < 4.78 is 0. The molecule has 13 nitrogen and oxygen atoms in total. The van der Waals surface area contributed by atoms with Crippen LogP contribution in [-0.4, -0.2) is 77.7 Å². The maximum atomic E-state index is 12.0. The molecular formula is C14H27N7O6. The molecule has 0 spiro atoms. The number of carboxylic acid groups (broad SMARTS) is 1. The van der Waals surface area contributed by atoms with Crippen LogP contribution in [-0.2, 0) is 19.2 Å². The number of amides is 3. The fourth-order valence-electron chi connectivity index (χ4n) is 1.81. The Labute approximate surface area is 155 Å². The SMILES string of the molecule is CC(NC(=O)C(N)CCCN=C(N)N)C(=O)NC(CO)C(=O)NCC(=O)O. The van der Waals surface area contributed by atoms with Gasteiger partial charge in [0, 0.05) is 6.54 Å². The molecule has 0 aromatic carbocycles. The van der Waals surface area contributed by atoms with Crippen molar-refractivity contribution in [1.29, 1.82) is 0 Å². The first kappa shape index (κ1) is 24.1. The second kappa shape index (κ2) is 12.4. The van der Waals surface area contributed by atoms with Gasteiger partial charge in [-0.05, 0) is 19.8 Å². The van der Waals surface area contributed by atoms with Gasteiger partial charge < -0.3 is 43.4 Å². The minimum absolute atomic E-state index is 0.0656. The van der Waals surface area contributed by atoms with Crippen LogP contribution in [0.2, 0.25) is 0 Å². The molecule has 11 N–H and O–H groups in total. The molecule has 0 aliphatic carbocycles. The maximum Gasteiger partial charge on any atom is 0.322 e. The summed E-state index contributed by atoms with van der Waals surface area (Å²) in [6.45, 7) is 0.264. The van der Waals surface area contributed by atoms with Gasteiger partial charge in [0.2, 0.25) is 17.7 Å². The molecule has 154 valence electrons. The third-order valence-corrected chi connectivity index (χ3v) is 3.29. The zero-order valence-electron chi connectivity index (χ0n) is 15.0. The molecule has 0 rings (SSSR count). The highest BCUT2D eigenvalue weighted by Gasteiger charge is 2.25. The van der Waals surface area contributed by atoms with Crippen LogP contribution in [0.15, 0.2) is 4.99 Å². The summed E-state index contributed by atoms with van der Waals surface area (Å²) in [7, 11) is 0. The number of hydrogen-bond acceptors (Lipinski definition) is 7. The molecule has 0 saturated carbocycles. The van der Waals surface area contributed by atoms with Gasteiger partial charge in [0.05, 0.1) is 12.6 Å². The topological polar surface area (TPSA) is 235 Å². The number of aliphatic imine (C=N–C) groups is 1. The Balaban J connectivity index is 4.44. The van der Waals surface area contributed by atoms with Crippen LogP contribution in [0.25, 0.3) is 0 Å². The Bertz CT molecular complexity index is 564. The molecule has 0 heterocycles. The predicted molar refractivity (Wildman–Crippen MR) is 95.2 cm³/mol. The van der Waals surface area contributed by atoms with E-state index in [2.05, 4.69) is 15.6 Å². The van der Waals surface area contributed by atoms with Crippen LogP contribution >= 0.6 is 0 Å². The third kappa shape index (κ3) is 10.6. The van der Waals surface area contributed by atoms with Gasteiger partial charge in [0.25, 0.3) is 0 Å². The lowest BCUT2D eigenvalue weighted by Crippen LogP contribution is -2.56. The molecule has 3 unspecified atom stereocenters. The van der Waals surface area contributed by atoms with Crippen LogP contribution in [0.5, 0.6) is 0 Å². The first-order chi connectivity index (χ1) is 12.6. The van der Waals surface area contributed by atoms with E-state index in [1.165, 1.54) is 6.92 Å². The summed E-state index contributed by atoms with van der Waals surface area (Å²) in [4.78, 5) is 49.8. The number of carbonyl (C=O) groups is 4. The van der Waals surface area contributed by atoms with Crippen LogP contribution < -0.4 is 33.2 Å². The van der Waals surface area contributed by atoms with E-state index in [1.54, 1.807) is 0 Å². The number of guanidine groups is 1. The zero-order valence-corrected chi connectivity index (χ0v) is 15.0. The predicted octanol–water partition coefficient (Wildman–Crippen LogP) is -4.45. The number of hydrogen-bond donors (Lipinski definition) is 8. The first-order valence-electron chi connectivity index (χ1n) is 8.10. The smallest absolute Gasteiger partial charge is 0.322 e. The molecule has 0 radical (unpaired) electrons. The van der Waals surface area contributed by atoms with Crippen molar-refractivity contribution in [3.05, 3.63) is 0 Å². The van der Waals surface area contributed by atoms with E-state index in [9.17, 15) is 19.2 Å². The number of carboxylic acids is 1. The second-order valence-electron chi connectivity index (χ2n) is 5.64. The normalized spacial score (nSPS) is 13.6. The lowest BCUT2D eigenvalue weighted by Gasteiger charge is -2.20. The Kier molecular flexibility index (Phi) is 11.1. The minimum atomic E-state index is -1.36. The van der Waals surface area contributed by atoms with Crippen molar-refractivity contribution in [2.24, 2.45) is 22.2 Å². The average molecular weight is 389 g/mol. The van der Waals surface area contributed by atoms with E-state index < -0.39 is 55.0 Å². The van der Waals surface area contributed by atoms with Crippen molar-refractivity contribution in [3.8, 4) is 0 Å². The first-order valence-corrected chi connectivity index (χ1v) is 8.10. The highest BCUT2D eigenvalue weighted by molar-refractivity contribution is 5.93. The summed E-state index contributed by atoms with van der Waals surface area (Å²) in [5, 5.41) is 24.3. The molecule has 0 aliphatic heterocycles. The highest BCUT2D eigenvalue weighted by atomic mass is 16.4. The standard InChI is InChI=1S/C14H27N7O6/c1-7(20-12(26)8(15)3-2-4-18-14(16)17)11(25)21-9(6-22)13(27)19-5-10(23)24/h7-9,22H,2-6,15H2,1H3,(H,19,27)(H,20,26)(H,21,25)(H,23,24)(H4,16,17,18). The van der Waals surface area contributed by atoms with Crippen LogP contribution in [0.3, 0.4) is 0 Å². The lowest BCUT2D eigenvalue weighted by atomic mass is 10.1. The van der Waals surface area contributed by atoms with Gasteiger partial charge in [0.1, 0.15) is 18.6 Å². The summed E-state index contributed by atoms with van der Waals surface area (Å²) in [6.07, 6.45) is 0.747. The van der Waals surface area contributed by atoms with Gasteiger partial charge in [-0.2, -0.15) is 0 Å². The van der Waals surface area contributed by atoms with Gasteiger partial charge >= 0.3 is 5.97 Å². The van der Waals surface area contributed by atoms with E-state index in [0.717, 1.165) is 0 Å². The molecule has 13 heteroatoms. The minimum Gasteiger partial charge on any atom is -0.480 e. The molecule has 0 aliphatic rings. The molecule has 27 heavy (non-hydrogen) atoms. The van der Waals surface area contributed by atoms with Gasteiger partial charge in [-0.25, -0.2) is 0 Å². The Morgan fingerprint density at radius 1 is 1.07 bits per heavy atom. The fourth-order valence-corrected chi connectivity index (χ4v) is 1.81. The largest absolute Gasteiger partial charge is 0.480 e. The van der Waals surface area contributed by atoms with Crippen LogP contribution in [0.4, 0.5) is 0 Å². The maximum absolute atomic E-state index is 12.0. The number of nitrogens with one attached hydrogen (secondary N) is 3. The third-order valence-electron chi connectivity index (χ3n) is 3.29. The number of nitrogens with zero attached hydrogens (tertiary/aromatic N) is 1. The molecule has 0 bridgehead atoms. The molecule has 0 aromatic heterocycles. The van der Waals surface area contributed by atoms with Crippen molar-refractivity contribution in [2.45, 2.75) is 37.9 Å². The number of aliphatic hydroxyl groups is 1. The number of aliphatic carboxylic acids is 1. The number of carbonyl (C=O) groups excluding carboxylic acids is 3. The van der Waals surface area contributed by atoms with E-state index >= 15 is 0 Å². The molecule has 3 amide bonds. The van der Waals surface area contributed by atoms with E-state index in [0.29, 0.717) is 13.0 Å². The lowest BCUT2D eigenvalue weighted by molar-refractivity contribution is -0.138. The van der Waals surface area contributed by atoms with Gasteiger partial charge in [0.15, 0.2) is 5.96 Å². The quantitative estimate of drug-likeness (QED) is 0.0911. The molecule has 3 atom stereocenters. The highest BCUT2D eigenvalue weighted by Crippen LogP contribution is 1.97. The number of nitrogens with two attached hydrogens (primary N) is 3. The van der Waals surface area contributed by atoms with Gasteiger partial charge in [-0.15, -0.1) is 0 Å². The van der Waals surface area contributed by atoms with Crippen molar-refractivity contribution < 1.29 is 29.4 Å². The van der Waals surface area contributed by atoms with Crippen LogP contribution in [0.1, 0.15) is 19.8 Å². The van der Waals surface area contributed by atoms with E-state index in [4.69, 9.17) is 27.4 Å². The molecule has 0 fully saturated rings. The van der Waals surface area contributed by atoms with Crippen molar-refractivity contribution in [2.75, 3.05) is 19.7 Å². The van der Waals surface area contributed by atoms with E-state index in [-0.39, 0.29) is 12.4 Å². The Morgan fingerprint density at radius 2 is 1.70 bits per heavy atom. The van der Waals surface area contributed by atoms with Crippen molar-refractivity contribution >= 4 is 29.7 Å². The summed E-state index contributed by atoms with van der Waals surface area (Å²) in [5.74, 6) is -3.55. The van der Waals surface area contributed by atoms with Crippen molar-refractivity contribution in [1.82, 2.24) is 16.0 Å². The van der Waals surface area contributed by atoms with Crippen LogP contribution in [0, 0.1) is 0 Å². The van der Waals surface area contributed by atoms with Gasteiger partial charge in [-0.3, -0.25) is 24.2 Å². The molecule has 0 aromatic rings. The summed E-state index contributed by atoms with van der Waals surface area (Å²) in [6, 6.07) is -3.28. The van der Waals surface area contributed by atoms with E-state index in [1.807, 2.05) is 5.32 Å². The molecule has 0 saturated heterocycles. The van der Waals surface area contributed by atoms with Gasteiger partial charge in [-0.1, -0.05) is 0 Å². The monoisotopic (exact) mass is 389 g/mol. The summed E-state index contributed by atoms with van der Waals surface area (Å²) >= 11 is 0. The Morgan fingerprint density at radius 3 is 2.22 bits per heavy atom. The number of rotatable bonds is 12. The summed E-state index contributed by atoms with van der Waals surface area (Å²) in [5.41, 5.74) is 16.1. The average Bonchev–Trinajstić information content (AvgIpc) is 2.60.